The van der Waals surface area contributed by atoms with Gasteiger partial charge < -0.3 is 15.5 Å². The average molecular weight is 255 g/mol. The van der Waals surface area contributed by atoms with Crippen LogP contribution in [0, 0.1) is 5.41 Å². The first-order chi connectivity index (χ1) is 8.21. The summed E-state index contributed by atoms with van der Waals surface area (Å²) >= 11 is 0. The molecule has 1 atom stereocenters. The van der Waals surface area contributed by atoms with Crippen molar-refractivity contribution in [2.45, 2.75) is 39.7 Å². The molecule has 2 amide bonds. The zero-order valence-corrected chi connectivity index (χ0v) is 11.9. The molecule has 0 bridgehead atoms. The number of hydrogen-bond acceptors (Lipinski definition) is 3. The Hall–Kier alpha value is -1.10. The largest absolute Gasteiger partial charge is 0.344 e. The molecule has 0 aromatic carbocycles. The molecule has 1 aliphatic heterocycles. The maximum atomic E-state index is 12.1. The third kappa shape index (κ3) is 3.98. The van der Waals surface area contributed by atoms with Crippen LogP contribution in [-0.2, 0) is 9.59 Å². The van der Waals surface area contributed by atoms with Crippen LogP contribution in [0.1, 0.15) is 33.6 Å². The van der Waals surface area contributed by atoms with E-state index >= 15 is 0 Å². The molecule has 5 nitrogen and oxygen atoms in total. The van der Waals surface area contributed by atoms with E-state index in [1.165, 1.54) is 0 Å². The van der Waals surface area contributed by atoms with Gasteiger partial charge in [0.2, 0.25) is 11.8 Å². The van der Waals surface area contributed by atoms with E-state index in [-0.39, 0.29) is 29.8 Å². The lowest BCUT2D eigenvalue weighted by Gasteiger charge is -2.29. The van der Waals surface area contributed by atoms with E-state index < -0.39 is 0 Å². The van der Waals surface area contributed by atoms with Gasteiger partial charge in [0.05, 0.1) is 6.54 Å². The summed E-state index contributed by atoms with van der Waals surface area (Å²) in [5.74, 6) is -0.00810. The minimum atomic E-state index is -0.180. The summed E-state index contributed by atoms with van der Waals surface area (Å²) in [6.07, 6.45) is 1.14. The SMILES string of the molecule is CN1CCCN(C(=O)CC(N)C(C)(C)C)CC1=O. The molecule has 1 heterocycles. The number of nitrogens with two attached hydrogens (primary N) is 1. The number of nitrogens with zero attached hydrogens (tertiary/aromatic N) is 2. The van der Waals surface area contributed by atoms with Crippen LogP contribution >= 0.6 is 0 Å². The van der Waals surface area contributed by atoms with Gasteiger partial charge in [0.25, 0.3) is 0 Å². The molecule has 1 aliphatic rings. The van der Waals surface area contributed by atoms with Gasteiger partial charge in [-0.05, 0) is 11.8 Å². The lowest BCUT2D eigenvalue weighted by molar-refractivity contribution is -0.138. The minimum Gasteiger partial charge on any atom is -0.344 e. The van der Waals surface area contributed by atoms with Gasteiger partial charge in [-0.25, -0.2) is 0 Å². The van der Waals surface area contributed by atoms with Gasteiger partial charge in [0, 0.05) is 32.6 Å². The standard InChI is InChI=1S/C13H25N3O2/c1-13(2,3)10(14)8-11(17)16-7-5-6-15(4)12(18)9-16/h10H,5-9,14H2,1-4H3. The van der Waals surface area contributed by atoms with Crippen molar-refractivity contribution in [3.05, 3.63) is 0 Å². The Morgan fingerprint density at radius 1 is 1.39 bits per heavy atom. The topological polar surface area (TPSA) is 66.6 Å². The smallest absolute Gasteiger partial charge is 0.241 e. The Kier molecular flexibility index (Phi) is 4.73. The maximum Gasteiger partial charge on any atom is 0.241 e. The number of carbonyl (C=O) groups is 2. The minimum absolute atomic E-state index is 0.00480. The molecule has 104 valence electrons. The fourth-order valence-corrected chi connectivity index (χ4v) is 1.82. The molecule has 1 rings (SSSR count). The molecule has 1 fully saturated rings. The number of likely N-dealkylation sites (N-methyl/N-ethyl adjacent to an activating group) is 1. The molecule has 5 heteroatoms. The second-order valence-electron chi connectivity index (χ2n) is 6.16. The van der Waals surface area contributed by atoms with Crippen molar-refractivity contribution in [1.82, 2.24) is 9.80 Å². The molecule has 1 unspecified atom stereocenters. The summed E-state index contributed by atoms with van der Waals surface area (Å²) in [5, 5.41) is 0. The van der Waals surface area contributed by atoms with Gasteiger partial charge >= 0.3 is 0 Å². The van der Waals surface area contributed by atoms with Crippen LogP contribution in [0.3, 0.4) is 0 Å². The Bertz CT molecular complexity index is 323. The summed E-state index contributed by atoms with van der Waals surface area (Å²) < 4.78 is 0. The van der Waals surface area contributed by atoms with Crippen molar-refractivity contribution >= 4 is 11.8 Å². The number of carbonyl (C=O) groups excluding carboxylic acids is 2. The van der Waals surface area contributed by atoms with E-state index in [2.05, 4.69) is 0 Å². The molecule has 0 aromatic rings. The van der Waals surface area contributed by atoms with Crippen molar-refractivity contribution < 1.29 is 9.59 Å². The summed E-state index contributed by atoms with van der Waals surface area (Å²) in [6, 6.07) is -0.180. The second kappa shape index (κ2) is 5.69. The molecular weight excluding hydrogens is 230 g/mol. The van der Waals surface area contributed by atoms with Gasteiger partial charge in [-0.2, -0.15) is 0 Å². The monoisotopic (exact) mass is 255 g/mol. The molecular formula is C13H25N3O2. The number of rotatable bonds is 2. The predicted octanol–water partition coefficient (Wildman–Crippen LogP) is 0.441. The van der Waals surface area contributed by atoms with Gasteiger partial charge in [-0.1, -0.05) is 20.8 Å². The second-order valence-corrected chi connectivity index (χ2v) is 6.16. The Morgan fingerprint density at radius 3 is 2.56 bits per heavy atom. The van der Waals surface area contributed by atoms with Crippen LogP contribution in [0.2, 0.25) is 0 Å². The molecule has 0 aromatic heterocycles. The van der Waals surface area contributed by atoms with Crippen LogP contribution in [-0.4, -0.2) is 54.3 Å². The van der Waals surface area contributed by atoms with Crippen LogP contribution in [0.25, 0.3) is 0 Å². The van der Waals surface area contributed by atoms with Crippen LogP contribution in [0.5, 0.6) is 0 Å². The van der Waals surface area contributed by atoms with Gasteiger partial charge in [0.1, 0.15) is 0 Å². The van der Waals surface area contributed by atoms with Crippen LogP contribution in [0.15, 0.2) is 0 Å². The Morgan fingerprint density at radius 2 is 2.00 bits per heavy atom. The predicted molar refractivity (Wildman–Crippen MR) is 70.9 cm³/mol. The highest BCUT2D eigenvalue weighted by molar-refractivity contribution is 5.85. The molecule has 2 N–H and O–H groups in total. The normalized spacial score (nSPS) is 19.7. The quantitative estimate of drug-likeness (QED) is 0.778. The van der Waals surface area contributed by atoms with Gasteiger partial charge in [0.15, 0.2) is 0 Å². The fourth-order valence-electron chi connectivity index (χ4n) is 1.82. The first-order valence-corrected chi connectivity index (χ1v) is 6.49. The van der Waals surface area contributed by atoms with Crippen LogP contribution in [0.4, 0.5) is 0 Å². The van der Waals surface area contributed by atoms with Gasteiger partial charge in [-0.3, -0.25) is 9.59 Å². The van der Waals surface area contributed by atoms with Crippen molar-refractivity contribution in [2.24, 2.45) is 11.1 Å². The zero-order valence-electron chi connectivity index (χ0n) is 11.9. The number of amides is 2. The van der Waals surface area contributed by atoms with Gasteiger partial charge in [-0.15, -0.1) is 0 Å². The van der Waals surface area contributed by atoms with E-state index in [9.17, 15) is 9.59 Å². The Labute approximate surface area is 109 Å². The summed E-state index contributed by atoms with van der Waals surface area (Å²) in [4.78, 5) is 27.2. The highest BCUT2D eigenvalue weighted by Gasteiger charge is 2.28. The number of hydrogen-bond donors (Lipinski definition) is 1. The fraction of sp³-hybridized carbons (Fsp3) is 0.846. The van der Waals surface area contributed by atoms with Crippen molar-refractivity contribution in [1.29, 1.82) is 0 Å². The van der Waals surface area contributed by atoms with Crippen molar-refractivity contribution in [3.8, 4) is 0 Å². The Balaban J connectivity index is 2.59. The lowest BCUT2D eigenvalue weighted by Crippen LogP contribution is -2.43. The lowest BCUT2D eigenvalue weighted by atomic mass is 9.85. The van der Waals surface area contributed by atoms with E-state index in [1.54, 1.807) is 16.8 Å². The zero-order chi connectivity index (χ0) is 13.9. The molecule has 0 spiro atoms. The molecule has 0 aliphatic carbocycles. The van der Waals surface area contributed by atoms with Crippen LogP contribution < -0.4 is 5.73 Å². The first-order valence-electron chi connectivity index (χ1n) is 6.49. The highest BCUT2D eigenvalue weighted by atomic mass is 16.2. The van der Waals surface area contributed by atoms with E-state index in [0.717, 1.165) is 6.42 Å². The third-order valence-electron chi connectivity index (χ3n) is 3.53. The van der Waals surface area contributed by atoms with E-state index in [1.807, 2.05) is 20.8 Å². The first kappa shape index (κ1) is 15.0. The molecule has 1 saturated heterocycles. The highest BCUT2D eigenvalue weighted by Crippen LogP contribution is 2.20. The molecule has 0 radical (unpaired) electrons. The third-order valence-corrected chi connectivity index (χ3v) is 3.53. The maximum absolute atomic E-state index is 12.1. The van der Waals surface area contributed by atoms with E-state index in [4.69, 9.17) is 5.73 Å². The molecule has 0 saturated carbocycles. The van der Waals surface area contributed by atoms with Crippen molar-refractivity contribution in [2.75, 3.05) is 26.7 Å². The summed E-state index contributed by atoms with van der Waals surface area (Å²) in [7, 11) is 1.77. The summed E-state index contributed by atoms with van der Waals surface area (Å²) in [5.41, 5.74) is 5.92. The van der Waals surface area contributed by atoms with E-state index in [0.29, 0.717) is 19.5 Å². The average Bonchev–Trinajstić information content (AvgIpc) is 2.40. The molecule has 18 heavy (non-hydrogen) atoms. The van der Waals surface area contributed by atoms with Crippen molar-refractivity contribution in [3.63, 3.8) is 0 Å². The summed E-state index contributed by atoms with van der Waals surface area (Å²) in [6.45, 7) is 7.61.